The zero-order valence-corrected chi connectivity index (χ0v) is 10.4. The maximum Gasteiger partial charge on any atom is 0.221 e. The first-order valence-electron chi connectivity index (χ1n) is 5.31. The lowest BCUT2D eigenvalue weighted by Gasteiger charge is -2.24. The van der Waals surface area contributed by atoms with Crippen LogP contribution in [0, 0.1) is 17.8 Å². The molecular formula is C11H22ClNO. The fraction of sp³-hybridized carbons (Fsp3) is 0.909. The number of carbonyl (C=O) groups is 1. The molecule has 0 aliphatic rings. The van der Waals surface area contributed by atoms with Crippen LogP contribution >= 0.6 is 11.6 Å². The number of amides is 1. The Balaban J connectivity index is 3.88. The van der Waals surface area contributed by atoms with E-state index < -0.39 is 0 Å². The van der Waals surface area contributed by atoms with E-state index in [0.29, 0.717) is 30.1 Å². The quantitative estimate of drug-likeness (QED) is 0.684. The molecule has 84 valence electrons. The van der Waals surface area contributed by atoms with E-state index in [-0.39, 0.29) is 5.91 Å². The van der Waals surface area contributed by atoms with Gasteiger partial charge in [-0.3, -0.25) is 4.79 Å². The highest BCUT2D eigenvalue weighted by molar-refractivity contribution is 6.18. The molecule has 0 aromatic carbocycles. The molecule has 0 fully saturated rings. The first kappa shape index (κ1) is 13.8. The summed E-state index contributed by atoms with van der Waals surface area (Å²) in [7, 11) is 0. The van der Waals surface area contributed by atoms with Gasteiger partial charge in [-0.15, -0.1) is 11.6 Å². The minimum atomic E-state index is 0.0614. The molecule has 0 heterocycles. The zero-order valence-electron chi connectivity index (χ0n) is 9.64. The molecule has 0 saturated heterocycles. The van der Waals surface area contributed by atoms with E-state index in [1.165, 1.54) is 0 Å². The van der Waals surface area contributed by atoms with Crippen LogP contribution in [0.1, 0.15) is 34.1 Å². The van der Waals surface area contributed by atoms with Crippen LogP contribution < -0.4 is 5.32 Å². The van der Waals surface area contributed by atoms with Crippen LogP contribution in [0.15, 0.2) is 0 Å². The van der Waals surface area contributed by atoms with E-state index in [9.17, 15) is 4.79 Å². The maximum absolute atomic E-state index is 11.2. The summed E-state index contributed by atoms with van der Waals surface area (Å²) < 4.78 is 0. The van der Waals surface area contributed by atoms with E-state index in [4.69, 9.17) is 11.6 Å². The van der Waals surface area contributed by atoms with Crippen molar-refractivity contribution in [2.75, 3.05) is 12.4 Å². The second-order valence-corrected chi connectivity index (χ2v) is 4.77. The third-order valence-electron chi connectivity index (χ3n) is 2.57. The fourth-order valence-corrected chi connectivity index (χ4v) is 1.82. The third kappa shape index (κ3) is 5.48. The lowest BCUT2D eigenvalue weighted by molar-refractivity contribution is -0.121. The van der Waals surface area contributed by atoms with Crippen molar-refractivity contribution in [1.82, 2.24) is 5.32 Å². The Morgan fingerprint density at radius 1 is 1.21 bits per heavy atom. The number of halogens is 1. The molecule has 2 nitrogen and oxygen atoms in total. The molecule has 0 aliphatic heterocycles. The van der Waals surface area contributed by atoms with Crippen molar-refractivity contribution < 1.29 is 4.79 Å². The van der Waals surface area contributed by atoms with Gasteiger partial charge in [-0.2, -0.15) is 0 Å². The zero-order chi connectivity index (χ0) is 11.1. The Morgan fingerprint density at radius 2 is 1.71 bits per heavy atom. The number of alkyl halides is 1. The molecule has 0 radical (unpaired) electrons. The average molecular weight is 220 g/mol. The van der Waals surface area contributed by atoms with Gasteiger partial charge in [-0.25, -0.2) is 0 Å². The van der Waals surface area contributed by atoms with Crippen LogP contribution in [0.4, 0.5) is 0 Å². The summed E-state index contributed by atoms with van der Waals surface area (Å²) in [6, 6.07) is 0. The highest BCUT2D eigenvalue weighted by Gasteiger charge is 2.17. The Bertz CT molecular complexity index is 161. The summed E-state index contributed by atoms with van der Waals surface area (Å²) in [4.78, 5) is 11.2. The van der Waals surface area contributed by atoms with Crippen LogP contribution in [0.25, 0.3) is 0 Å². The average Bonchev–Trinajstić information content (AvgIpc) is 2.03. The van der Waals surface area contributed by atoms with Gasteiger partial charge in [0.15, 0.2) is 0 Å². The van der Waals surface area contributed by atoms with Crippen LogP contribution in [-0.4, -0.2) is 18.3 Å². The third-order valence-corrected chi connectivity index (χ3v) is 2.76. The minimum Gasteiger partial charge on any atom is -0.356 e. The second kappa shape index (κ2) is 7.10. The van der Waals surface area contributed by atoms with Gasteiger partial charge in [0, 0.05) is 18.8 Å². The van der Waals surface area contributed by atoms with Crippen molar-refractivity contribution in [2.45, 2.75) is 34.1 Å². The highest BCUT2D eigenvalue weighted by Crippen LogP contribution is 2.19. The Morgan fingerprint density at radius 3 is 2.07 bits per heavy atom. The molecule has 0 atom stereocenters. The predicted molar refractivity (Wildman–Crippen MR) is 61.5 cm³/mol. The van der Waals surface area contributed by atoms with Crippen molar-refractivity contribution >= 4 is 17.5 Å². The Kier molecular flexibility index (Phi) is 6.98. The highest BCUT2D eigenvalue weighted by atomic mass is 35.5. The van der Waals surface area contributed by atoms with Crippen molar-refractivity contribution in [2.24, 2.45) is 17.8 Å². The summed E-state index contributed by atoms with van der Waals surface area (Å²) in [5.41, 5.74) is 0. The summed E-state index contributed by atoms with van der Waals surface area (Å²) in [6.45, 7) is 9.54. The maximum atomic E-state index is 11.2. The van der Waals surface area contributed by atoms with Crippen LogP contribution in [-0.2, 0) is 4.79 Å². The molecule has 3 heteroatoms. The molecule has 0 spiro atoms. The first-order chi connectivity index (χ1) is 6.49. The number of rotatable bonds is 6. The fourth-order valence-electron chi connectivity index (χ4n) is 1.65. The Labute approximate surface area is 92.4 Å². The molecule has 0 aromatic rings. The first-order valence-corrected chi connectivity index (χ1v) is 5.85. The molecule has 0 aliphatic carbocycles. The standard InChI is InChI=1S/C11H22ClNO/c1-8(2)10(9(3)4)7-13-11(14)5-6-12/h8-10H,5-7H2,1-4H3,(H,13,14). The summed E-state index contributed by atoms with van der Waals surface area (Å²) >= 11 is 5.48. The van der Waals surface area contributed by atoms with Crippen LogP contribution in [0.2, 0.25) is 0 Å². The second-order valence-electron chi connectivity index (χ2n) is 4.39. The molecule has 14 heavy (non-hydrogen) atoms. The van der Waals surface area contributed by atoms with Crippen molar-refractivity contribution in [1.29, 1.82) is 0 Å². The molecule has 1 amide bonds. The molecule has 0 aromatic heterocycles. The largest absolute Gasteiger partial charge is 0.356 e. The summed E-state index contributed by atoms with van der Waals surface area (Å²) in [5.74, 6) is 2.22. The molecule has 0 rings (SSSR count). The minimum absolute atomic E-state index is 0.0614. The topological polar surface area (TPSA) is 29.1 Å². The molecule has 0 bridgehead atoms. The van der Waals surface area contributed by atoms with Gasteiger partial charge < -0.3 is 5.32 Å². The van der Waals surface area contributed by atoms with E-state index in [2.05, 4.69) is 33.0 Å². The van der Waals surface area contributed by atoms with Crippen molar-refractivity contribution in [3.63, 3.8) is 0 Å². The number of carbonyl (C=O) groups excluding carboxylic acids is 1. The SMILES string of the molecule is CC(C)C(CNC(=O)CCCl)C(C)C. The van der Waals surface area contributed by atoms with Crippen LogP contribution in [0.5, 0.6) is 0 Å². The normalized spacial score (nSPS) is 11.4. The van der Waals surface area contributed by atoms with Gasteiger partial charge in [-0.1, -0.05) is 27.7 Å². The van der Waals surface area contributed by atoms with Gasteiger partial charge in [0.2, 0.25) is 5.91 Å². The molecule has 1 N–H and O–H groups in total. The monoisotopic (exact) mass is 219 g/mol. The van der Waals surface area contributed by atoms with E-state index >= 15 is 0 Å². The number of nitrogens with one attached hydrogen (secondary N) is 1. The summed E-state index contributed by atoms with van der Waals surface area (Å²) in [6.07, 6.45) is 0.421. The predicted octanol–water partition coefficient (Wildman–Crippen LogP) is 2.66. The van der Waals surface area contributed by atoms with Gasteiger partial charge in [-0.05, 0) is 17.8 Å². The van der Waals surface area contributed by atoms with Gasteiger partial charge in [0.05, 0.1) is 0 Å². The van der Waals surface area contributed by atoms with E-state index in [0.717, 1.165) is 6.54 Å². The molecule has 0 unspecified atom stereocenters. The lowest BCUT2D eigenvalue weighted by atomic mass is 9.85. The number of hydrogen-bond acceptors (Lipinski definition) is 1. The van der Waals surface area contributed by atoms with Crippen LogP contribution in [0.3, 0.4) is 0 Å². The van der Waals surface area contributed by atoms with E-state index in [1.807, 2.05) is 0 Å². The van der Waals surface area contributed by atoms with E-state index in [1.54, 1.807) is 0 Å². The van der Waals surface area contributed by atoms with Gasteiger partial charge in [0.25, 0.3) is 0 Å². The number of hydrogen-bond donors (Lipinski definition) is 1. The molecular weight excluding hydrogens is 198 g/mol. The summed E-state index contributed by atoms with van der Waals surface area (Å²) in [5, 5.41) is 2.92. The van der Waals surface area contributed by atoms with Gasteiger partial charge in [0.1, 0.15) is 0 Å². The lowest BCUT2D eigenvalue weighted by Crippen LogP contribution is -2.33. The van der Waals surface area contributed by atoms with Gasteiger partial charge >= 0.3 is 0 Å². The Hall–Kier alpha value is -0.240. The molecule has 0 saturated carbocycles. The smallest absolute Gasteiger partial charge is 0.221 e. The van der Waals surface area contributed by atoms with Crippen molar-refractivity contribution in [3.8, 4) is 0 Å². The van der Waals surface area contributed by atoms with Crippen molar-refractivity contribution in [3.05, 3.63) is 0 Å².